The van der Waals surface area contributed by atoms with Crippen LogP contribution in [-0.4, -0.2) is 27.0 Å². The number of carbonyl (C=O) groups is 2. The number of hydrogen-bond donors (Lipinski definition) is 2. The number of aromatic nitrogens is 2. The summed E-state index contributed by atoms with van der Waals surface area (Å²) in [6, 6.07) is 6.80. The van der Waals surface area contributed by atoms with Gasteiger partial charge in [-0.05, 0) is 23.8 Å². The molecule has 0 aliphatic rings. The number of nitrogens with zero attached hydrogens (tertiary/aromatic N) is 2. The van der Waals surface area contributed by atoms with Gasteiger partial charge in [-0.25, -0.2) is 0 Å². The van der Waals surface area contributed by atoms with Crippen molar-refractivity contribution in [2.75, 3.05) is 5.32 Å². The van der Waals surface area contributed by atoms with Crippen LogP contribution >= 0.6 is 0 Å². The molecule has 2 heterocycles. The van der Waals surface area contributed by atoms with Crippen molar-refractivity contribution in [2.24, 2.45) is 0 Å². The Morgan fingerprint density at radius 1 is 1.15 bits per heavy atom. The zero-order valence-corrected chi connectivity index (χ0v) is 10.6. The normalized spacial score (nSPS) is 10.0. The molecular weight excluding hydrogens is 258 g/mol. The molecule has 0 aliphatic carbocycles. The monoisotopic (exact) mass is 271 g/mol. The van der Waals surface area contributed by atoms with Crippen LogP contribution in [0.25, 0.3) is 0 Å². The molecule has 1 amide bonds. The highest BCUT2D eigenvalue weighted by Crippen LogP contribution is 2.08. The molecule has 6 heteroatoms. The van der Waals surface area contributed by atoms with Gasteiger partial charge in [-0.2, -0.15) is 0 Å². The van der Waals surface area contributed by atoms with Crippen molar-refractivity contribution in [1.29, 1.82) is 0 Å². The van der Waals surface area contributed by atoms with E-state index < -0.39 is 5.97 Å². The van der Waals surface area contributed by atoms with Crippen LogP contribution in [0.15, 0.2) is 42.9 Å². The van der Waals surface area contributed by atoms with Crippen molar-refractivity contribution in [3.63, 3.8) is 0 Å². The number of pyridine rings is 2. The van der Waals surface area contributed by atoms with Crippen LogP contribution in [0.3, 0.4) is 0 Å². The molecule has 0 fully saturated rings. The fourth-order valence-corrected chi connectivity index (χ4v) is 1.65. The molecule has 0 aromatic carbocycles. The Kier molecular flexibility index (Phi) is 4.39. The summed E-state index contributed by atoms with van der Waals surface area (Å²) < 4.78 is 0. The second-order valence-electron chi connectivity index (χ2n) is 4.19. The summed E-state index contributed by atoms with van der Waals surface area (Å²) in [5.74, 6) is -1.11. The van der Waals surface area contributed by atoms with Gasteiger partial charge in [-0.3, -0.25) is 19.6 Å². The van der Waals surface area contributed by atoms with Crippen LogP contribution in [-0.2, 0) is 22.4 Å². The molecule has 0 radical (unpaired) electrons. The van der Waals surface area contributed by atoms with Crippen LogP contribution in [0, 0.1) is 0 Å². The first kappa shape index (κ1) is 13.7. The van der Waals surface area contributed by atoms with Crippen LogP contribution in [0.1, 0.15) is 11.3 Å². The zero-order chi connectivity index (χ0) is 14.4. The minimum Gasteiger partial charge on any atom is -0.481 e. The van der Waals surface area contributed by atoms with E-state index in [9.17, 15) is 9.59 Å². The third-order valence-corrected chi connectivity index (χ3v) is 2.53. The van der Waals surface area contributed by atoms with Gasteiger partial charge in [-0.1, -0.05) is 6.07 Å². The minimum atomic E-state index is -0.939. The largest absolute Gasteiger partial charge is 0.481 e. The number of nitrogens with one attached hydrogen (secondary N) is 1. The van der Waals surface area contributed by atoms with Gasteiger partial charge < -0.3 is 10.4 Å². The lowest BCUT2D eigenvalue weighted by atomic mass is 10.2. The van der Waals surface area contributed by atoms with Gasteiger partial charge in [0.05, 0.1) is 30.4 Å². The zero-order valence-electron chi connectivity index (χ0n) is 10.6. The molecule has 2 N–H and O–H groups in total. The van der Waals surface area contributed by atoms with Crippen molar-refractivity contribution in [3.05, 3.63) is 54.1 Å². The van der Waals surface area contributed by atoms with Crippen molar-refractivity contribution in [2.45, 2.75) is 12.8 Å². The predicted molar refractivity (Wildman–Crippen MR) is 72.1 cm³/mol. The van der Waals surface area contributed by atoms with Crippen molar-refractivity contribution >= 4 is 17.6 Å². The molecule has 0 aliphatic heterocycles. The summed E-state index contributed by atoms with van der Waals surface area (Å²) in [7, 11) is 0. The number of amides is 1. The lowest BCUT2D eigenvalue weighted by Gasteiger charge is -2.05. The Balaban J connectivity index is 1.93. The highest BCUT2D eigenvalue weighted by Gasteiger charge is 2.06. The average Bonchev–Trinajstić information content (AvgIpc) is 2.41. The van der Waals surface area contributed by atoms with E-state index >= 15 is 0 Å². The third-order valence-electron chi connectivity index (χ3n) is 2.53. The summed E-state index contributed by atoms with van der Waals surface area (Å²) >= 11 is 0. The van der Waals surface area contributed by atoms with Gasteiger partial charge in [0.25, 0.3) is 0 Å². The molecule has 2 aromatic heterocycles. The first-order valence-electron chi connectivity index (χ1n) is 5.99. The van der Waals surface area contributed by atoms with E-state index in [1.165, 1.54) is 6.20 Å². The van der Waals surface area contributed by atoms with Crippen LogP contribution in [0.5, 0.6) is 0 Å². The average molecular weight is 271 g/mol. The van der Waals surface area contributed by atoms with E-state index in [1.54, 1.807) is 30.6 Å². The summed E-state index contributed by atoms with van der Waals surface area (Å²) in [5, 5.41) is 11.3. The molecule has 0 saturated heterocycles. The lowest BCUT2D eigenvalue weighted by Crippen LogP contribution is -2.14. The topological polar surface area (TPSA) is 92.2 Å². The number of hydrogen-bond acceptors (Lipinski definition) is 4. The number of anilines is 1. The number of carbonyl (C=O) groups excluding carboxylic acids is 1. The maximum Gasteiger partial charge on any atom is 0.309 e. The second-order valence-corrected chi connectivity index (χ2v) is 4.19. The van der Waals surface area contributed by atoms with E-state index in [0.717, 1.165) is 5.56 Å². The van der Waals surface area contributed by atoms with Crippen molar-refractivity contribution in [1.82, 2.24) is 9.97 Å². The predicted octanol–water partition coefficient (Wildman–Crippen LogP) is 1.28. The molecule has 102 valence electrons. The summed E-state index contributed by atoms with van der Waals surface area (Å²) in [4.78, 5) is 30.2. The van der Waals surface area contributed by atoms with Crippen LogP contribution in [0.4, 0.5) is 5.69 Å². The minimum absolute atomic E-state index is 0.135. The first-order chi connectivity index (χ1) is 9.63. The Bertz CT molecular complexity index is 597. The van der Waals surface area contributed by atoms with Crippen LogP contribution < -0.4 is 5.32 Å². The maximum atomic E-state index is 11.8. The number of rotatable bonds is 5. The number of carboxylic acids is 1. The maximum absolute atomic E-state index is 11.8. The first-order valence-corrected chi connectivity index (χ1v) is 5.99. The van der Waals surface area contributed by atoms with E-state index in [2.05, 4.69) is 15.3 Å². The van der Waals surface area contributed by atoms with Gasteiger partial charge >= 0.3 is 5.97 Å². The van der Waals surface area contributed by atoms with E-state index in [-0.39, 0.29) is 18.7 Å². The second kappa shape index (κ2) is 6.42. The Hall–Kier alpha value is -2.76. The van der Waals surface area contributed by atoms with Gasteiger partial charge in [0, 0.05) is 12.4 Å². The molecule has 2 rings (SSSR count). The fourth-order valence-electron chi connectivity index (χ4n) is 1.65. The van der Waals surface area contributed by atoms with Crippen molar-refractivity contribution < 1.29 is 14.7 Å². The standard InChI is InChI=1S/C14H13N3O3/c18-13(6-10-2-1-5-15-8-10)17-12-4-3-11(16-9-12)7-14(19)20/h1-5,8-9H,6-7H2,(H,17,18)(H,19,20). The highest BCUT2D eigenvalue weighted by molar-refractivity contribution is 5.92. The lowest BCUT2D eigenvalue weighted by molar-refractivity contribution is -0.136. The summed E-state index contributed by atoms with van der Waals surface area (Å²) in [6.07, 6.45) is 4.81. The number of aliphatic carboxylic acids is 1. The Morgan fingerprint density at radius 2 is 2.00 bits per heavy atom. The van der Waals surface area contributed by atoms with E-state index in [0.29, 0.717) is 11.4 Å². The smallest absolute Gasteiger partial charge is 0.309 e. The van der Waals surface area contributed by atoms with Gasteiger partial charge in [0.2, 0.25) is 5.91 Å². The Morgan fingerprint density at radius 3 is 2.60 bits per heavy atom. The van der Waals surface area contributed by atoms with E-state index in [1.807, 2.05) is 6.07 Å². The highest BCUT2D eigenvalue weighted by atomic mass is 16.4. The quantitative estimate of drug-likeness (QED) is 0.854. The molecule has 0 saturated carbocycles. The van der Waals surface area contributed by atoms with Gasteiger partial charge in [0.1, 0.15) is 0 Å². The molecule has 0 atom stereocenters. The molecular formula is C14H13N3O3. The fraction of sp³-hybridized carbons (Fsp3) is 0.143. The van der Waals surface area contributed by atoms with Gasteiger partial charge in [0.15, 0.2) is 0 Å². The summed E-state index contributed by atoms with van der Waals surface area (Å²) in [5.41, 5.74) is 1.80. The SMILES string of the molecule is O=C(O)Cc1ccc(NC(=O)Cc2cccnc2)cn1. The molecule has 20 heavy (non-hydrogen) atoms. The Labute approximate surface area is 115 Å². The summed E-state index contributed by atoms with van der Waals surface area (Å²) in [6.45, 7) is 0. The molecule has 0 spiro atoms. The van der Waals surface area contributed by atoms with E-state index in [4.69, 9.17) is 5.11 Å². The molecule has 2 aromatic rings. The molecule has 6 nitrogen and oxygen atoms in total. The van der Waals surface area contributed by atoms with Crippen LogP contribution in [0.2, 0.25) is 0 Å². The molecule has 0 unspecified atom stereocenters. The third kappa shape index (κ3) is 4.16. The molecule has 0 bridgehead atoms. The number of carboxylic acid groups (broad SMARTS) is 1. The van der Waals surface area contributed by atoms with Crippen molar-refractivity contribution in [3.8, 4) is 0 Å². The van der Waals surface area contributed by atoms with Gasteiger partial charge in [-0.15, -0.1) is 0 Å².